The van der Waals surface area contributed by atoms with Crippen molar-refractivity contribution < 1.29 is 4.42 Å². The molecule has 2 aliphatic rings. The lowest BCUT2D eigenvalue weighted by Gasteiger charge is -2.42. The van der Waals surface area contributed by atoms with Crippen molar-refractivity contribution in [2.24, 2.45) is 0 Å². The van der Waals surface area contributed by atoms with Crippen molar-refractivity contribution >= 4 is 95.7 Å². The number of rotatable bonds is 10. The third-order valence-corrected chi connectivity index (χ3v) is 22.7. The van der Waals surface area contributed by atoms with Crippen LogP contribution in [0.5, 0.6) is 0 Å². The Balaban J connectivity index is 0.929. The summed E-state index contributed by atoms with van der Waals surface area (Å²) < 4.78 is 9.41. The van der Waals surface area contributed by atoms with E-state index in [1.54, 1.807) is 0 Å². The first-order chi connectivity index (χ1) is 50.3. The zero-order valence-corrected chi connectivity index (χ0v) is 59.4. The highest BCUT2D eigenvalue weighted by atomic mass is 32.2. The van der Waals surface area contributed by atoms with Crippen molar-refractivity contribution in [3.63, 3.8) is 0 Å². The molecule has 0 saturated carbocycles. The summed E-state index contributed by atoms with van der Waals surface area (Å²) in [7, 11) is 0. The second-order valence-electron chi connectivity index (χ2n) is 29.9. The number of para-hydroxylation sites is 3. The van der Waals surface area contributed by atoms with Crippen molar-refractivity contribution in [1.29, 1.82) is 0 Å². The van der Waals surface area contributed by atoms with Crippen LogP contribution in [0.2, 0.25) is 0 Å². The van der Waals surface area contributed by atoms with Crippen LogP contribution in [-0.2, 0) is 10.8 Å². The van der Waals surface area contributed by atoms with Crippen LogP contribution in [0.25, 0.3) is 138 Å². The molecule has 0 fully saturated rings. The number of furan rings is 1. The molecule has 3 nitrogen and oxygen atoms in total. The smallest absolute Gasteiger partial charge is 0.249 e. The summed E-state index contributed by atoms with van der Waals surface area (Å²) in [5, 5.41) is 4.59. The Hall–Kier alpha value is -11.9. The Bertz CT molecular complexity index is 6100. The molecule has 19 rings (SSSR count). The highest BCUT2D eigenvalue weighted by molar-refractivity contribution is 8.00. The van der Waals surface area contributed by atoms with E-state index in [0.29, 0.717) is 0 Å². The summed E-state index contributed by atoms with van der Waals surface area (Å²) in [6.07, 6.45) is 0. The van der Waals surface area contributed by atoms with E-state index in [1.807, 2.05) is 11.8 Å². The van der Waals surface area contributed by atoms with E-state index in [1.165, 1.54) is 104 Å². The van der Waals surface area contributed by atoms with Gasteiger partial charge in [-0.1, -0.05) is 283 Å². The van der Waals surface area contributed by atoms with Crippen LogP contribution in [0, 0.1) is 0 Å². The predicted molar refractivity (Wildman–Crippen MR) is 439 cm³/mol. The summed E-state index contributed by atoms with van der Waals surface area (Å²) >= 11 is 1.91. The summed E-state index contributed by atoms with van der Waals surface area (Å²) in [6.45, 7) is 13.8. The largest absolute Gasteiger partial charge is 0.456 e. The summed E-state index contributed by atoms with van der Waals surface area (Å²) in [5.74, 6) is 0. The number of nitrogens with zero attached hydrogens (tertiary/aromatic N) is 2. The van der Waals surface area contributed by atoms with E-state index in [9.17, 15) is 0 Å². The maximum absolute atomic E-state index is 6.91. The first kappa shape index (κ1) is 62.1. The molecule has 17 aromatic rings. The number of anilines is 3. The molecule has 2 aromatic heterocycles. The highest BCUT2D eigenvalue weighted by Crippen LogP contribution is 2.55. The van der Waals surface area contributed by atoms with Gasteiger partial charge in [0.05, 0.1) is 16.7 Å². The molecule has 0 radical (unpaired) electrons. The third-order valence-electron chi connectivity index (χ3n) is 21.5. The molecule has 103 heavy (non-hydrogen) atoms. The minimum atomic E-state index is -0.282. The summed E-state index contributed by atoms with van der Waals surface area (Å²) in [5.41, 5.74) is 33.3. The molecule has 0 spiro atoms. The molecule has 2 aliphatic heterocycles. The van der Waals surface area contributed by atoms with Gasteiger partial charge < -0.3 is 13.9 Å². The Morgan fingerprint density at radius 3 is 1.37 bits per heavy atom. The van der Waals surface area contributed by atoms with Crippen molar-refractivity contribution in [1.82, 2.24) is 4.57 Å². The molecule has 5 heteroatoms. The summed E-state index contributed by atoms with van der Waals surface area (Å²) in [6, 6.07) is 125. The van der Waals surface area contributed by atoms with E-state index in [4.69, 9.17) is 4.42 Å². The van der Waals surface area contributed by atoms with Gasteiger partial charge in [-0.3, -0.25) is 0 Å². The Morgan fingerprint density at radius 1 is 0.301 bits per heavy atom. The number of aromatic nitrogens is 1. The molecule has 0 saturated heterocycles. The number of benzene rings is 15. The van der Waals surface area contributed by atoms with Gasteiger partial charge in [0.2, 0.25) is 6.71 Å². The standard InChI is InChI=1S/C98H73BN2OS/c1-97(2,3)74-46-48-76(49-47-74)100-85-40-22-19-35-79(85)93-77(37-25-42-87(93)100)81-60-75(98(4,5)6)61-82(78-38-26-44-90-94(78)80-36-20-24-43-89(80)102-90)96(81)101-86-41-23-21-39-83(86)99-84-57-66(71-53-67(62-27-11-7-12-28-62)51-68(54-71)63-29-13-8-14-30-63)45-50-91(84)103-92-59-73(58-88(101)95(92)99)72-55-69(64-31-15-9-16-32-64)52-70(56-72)65-33-17-10-18-34-65/h7-61H,1-6H3. The fraction of sp³-hybridized carbons (Fsp3) is 0.0816. The van der Waals surface area contributed by atoms with Crippen molar-refractivity contribution in [3.8, 4) is 94.7 Å². The minimum absolute atomic E-state index is 0.00249. The average Bonchev–Trinajstić information content (AvgIpc) is 1.22. The van der Waals surface area contributed by atoms with Crippen molar-refractivity contribution in [2.45, 2.75) is 62.2 Å². The van der Waals surface area contributed by atoms with Crippen LogP contribution in [0.15, 0.2) is 348 Å². The number of hydrogen-bond donors (Lipinski definition) is 0. The molecule has 15 aromatic carbocycles. The van der Waals surface area contributed by atoms with Crippen molar-refractivity contribution in [3.05, 3.63) is 345 Å². The van der Waals surface area contributed by atoms with E-state index < -0.39 is 0 Å². The second kappa shape index (κ2) is 24.4. The van der Waals surface area contributed by atoms with Gasteiger partial charge in [0, 0.05) is 59.5 Å². The molecule has 490 valence electrons. The maximum atomic E-state index is 6.91. The van der Waals surface area contributed by atoms with Crippen LogP contribution in [-0.4, -0.2) is 11.3 Å². The van der Waals surface area contributed by atoms with Crippen LogP contribution < -0.4 is 21.3 Å². The fourth-order valence-electron chi connectivity index (χ4n) is 16.4. The van der Waals surface area contributed by atoms with Gasteiger partial charge in [0.15, 0.2) is 0 Å². The van der Waals surface area contributed by atoms with Gasteiger partial charge in [-0.15, -0.1) is 0 Å². The van der Waals surface area contributed by atoms with Gasteiger partial charge in [-0.2, -0.15) is 0 Å². The average molecular weight is 1340 g/mol. The molecule has 0 N–H and O–H groups in total. The van der Waals surface area contributed by atoms with Gasteiger partial charge in [-0.25, -0.2) is 0 Å². The Morgan fingerprint density at radius 2 is 0.777 bits per heavy atom. The molecule has 0 bridgehead atoms. The van der Waals surface area contributed by atoms with Crippen molar-refractivity contribution in [2.75, 3.05) is 4.90 Å². The Labute approximate surface area is 607 Å². The third kappa shape index (κ3) is 10.7. The maximum Gasteiger partial charge on any atom is 0.249 e. The molecule has 4 heterocycles. The molecular formula is C98H73BN2OS. The lowest BCUT2D eigenvalue weighted by atomic mass is 9.34. The predicted octanol–water partition coefficient (Wildman–Crippen LogP) is 25.4. The number of hydrogen-bond acceptors (Lipinski definition) is 3. The van der Waals surface area contributed by atoms with Crippen LogP contribution in [0.1, 0.15) is 52.7 Å². The normalized spacial score (nSPS) is 12.7. The van der Waals surface area contributed by atoms with Crippen LogP contribution in [0.3, 0.4) is 0 Å². The van der Waals surface area contributed by atoms with Crippen LogP contribution in [0.4, 0.5) is 17.1 Å². The Kier molecular flexibility index (Phi) is 14.7. The first-order valence-electron chi connectivity index (χ1n) is 36.0. The van der Waals surface area contributed by atoms with Gasteiger partial charge in [0.1, 0.15) is 11.2 Å². The van der Waals surface area contributed by atoms with Crippen LogP contribution >= 0.6 is 11.8 Å². The molecule has 0 aliphatic carbocycles. The molecule has 0 amide bonds. The second-order valence-corrected chi connectivity index (χ2v) is 31.0. The van der Waals surface area contributed by atoms with E-state index in [-0.39, 0.29) is 17.5 Å². The first-order valence-corrected chi connectivity index (χ1v) is 36.8. The topological polar surface area (TPSA) is 21.3 Å². The SMILES string of the molecule is CC(C)(C)c1ccc(-n2c3ccccc3c3c(-c4cc(C(C)(C)C)cc(-c5cccc6oc7ccccc7c56)c4N4c5ccccc5B5c6cc(-c7cc(-c8ccccc8)cc(-c8ccccc8)c7)ccc6Sc6cc(-c7cc(-c8ccccc8)cc(-c8ccccc8)c7)cc4c65)cccc32)cc1. The minimum Gasteiger partial charge on any atom is -0.456 e. The lowest BCUT2D eigenvalue weighted by molar-refractivity contribution is 0.590. The van der Waals surface area contributed by atoms with Gasteiger partial charge in [-0.05, 0) is 220 Å². The highest BCUT2D eigenvalue weighted by Gasteiger charge is 2.43. The number of fused-ring (bicyclic) bond motifs is 10. The van der Waals surface area contributed by atoms with E-state index in [2.05, 4.69) is 385 Å². The van der Waals surface area contributed by atoms with Gasteiger partial charge >= 0.3 is 0 Å². The zero-order chi connectivity index (χ0) is 69.2. The molecule has 0 atom stereocenters. The summed E-state index contributed by atoms with van der Waals surface area (Å²) in [4.78, 5) is 5.20. The lowest BCUT2D eigenvalue weighted by Crippen LogP contribution is -2.59. The van der Waals surface area contributed by atoms with Gasteiger partial charge in [0.25, 0.3) is 0 Å². The molecule has 0 unspecified atom stereocenters. The van der Waals surface area contributed by atoms with E-state index in [0.717, 1.165) is 89.1 Å². The zero-order valence-electron chi connectivity index (χ0n) is 58.5. The monoisotopic (exact) mass is 1340 g/mol. The fourth-order valence-corrected chi connectivity index (χ4v) is 17.6. The van der Waals surface area contributed by atoms with E-state index >= 15 is 0 Å². The quantitative estimate of drug-likeness (QED) is 0.127. The molecular weight excluding hydrogens is 1260 g/mol.